The molecule has 0 unspecified atom stereocenters. The van der Waals surface area contributed by atoms with Crippen LogP contribution in [0, 0.1) is 0 Å². The molecule has 1 amide bonds. The second-order valence-electron chi connectivity index (χ2n) is 4.79. The van der Waals surface area contributed by atoms with Crippen molar-refractivity contribution in [3.8, 4) is 0 Å². The van der Waals surface area contributed by atoms with E-state index >= 15 is 0 Å². The zero-order valence-electron chi connectivity index (χ0n) is 12.5. The maximum absolute atomic E-state index is 11.9. The number of carbonyl (C=O) groups excluding carboxylic acids is 1. The van der Waals surface area contributed by atoms with E-state index in [2.05, 4.69) is 27.9 Å². The van der Waals surface area contributed by atoms with Crippen LogP contribution in [0.2, 0.25) is 0 Å². The minimum Gasteiger partial charge on any atom is -0.324 e. The third-order valence-corrected chi connectivity index (χ3v) is 3.09. The third-order valence-electron chi connectivity index (χ3n) is 3.09. The van der Waals surface area contributed by atoms with Crippen molar-refractivity contribution in [2.24, 2.45) is 0 Å². The summed E-state index contributed by atoms with van der Waals surface area (Å²) < 4.78 is 1.54. The molecule has 6 nitrogen and oxygen atoms in total. The number of nitrogens with one attached hydrogen (secondary N) is 2. The summed E-state index contributed by atoms with van der Waals surface area (Å²) in [5, 5.41) is 14.0. The summed E-state index contributed by atoms with van der Waals surface area (Å²) >= 11 is 0. The van der Waals surface area contributed by atoms with Crippen molar-refractivity contribution >= 4 is 11.6 Å². The molecule has 112 valence electrons. The zero-order chi connectivity index (χ0) is 15.1. The fourth-order valence-corrected chi connectivity index (χ4v) is 1.92. The molecule has 1 aromatic heterocycles. The van der Waals surface area contributed by atoms with E-state index in [1.54, 1.807) is 10.9 Å². The number of nitrogens with zero attached hydrogens (tertiary/aromatic N) is 3. The van der Waals surface area contributed by atoms with Crippen molar-refractivity contribution in [3.63, 3.8) is 0 Å². The van der Waals surface area contributed by atoms with Gasteiger partial charge in [0.25, 0.3) is 0 Å². The topological polar surface area (TPSA) is 71.8 Å². The number of carbonyl (C=O) groups is 1. The monoisotopic (exact) mass is 287 g/mol. The van der Waals surface area contributed by atoms with E-state index in [1.165, 1.54) is 5.56 Å². The molecule has 2 rings (SSSR count). The van der Waals surface area contributed by atoms with Gasteiger partial charge < -0.3 is 10.6 Å². The van der Waals surface area contributed by atoms with Gasteiger partial charge in [-0.05, 0) is 30.7 Å². The Labute approximate surface area is 124 Å². The van der Waals surface area contributed by atoms with E-state index in [-0.39, 0.29) is 12.5 Å². The second-order valence-corrected chi connectivity index (χ2v) is 4.79. The molecule has 0 spiro atoms. The standard InChI is InChI=1S/C15H21N5O/c1-3-12-5-7-13(8-6-12)17-15(21)11-20-10-14(18-19-20)9-16-4-2/h5-8,10,16H,3-4,9,11H2,1-2H3,(H,17,21). The van der Waals surface area contributed by atoms with E-state index in [1.807, 2.05) is 31.2 Å². The molecule has 0 aliphatic heterocycles. The van der Waals surface area contributed by atoms with Crippen LogP contribution in [-0.4, -0.2) is 27.4 Å². The lowest BCUT2D eigenvalue weighted by atomic mass is 10.1. The zero-order valence-corrected chi connectivity index (χ0v) is 12.5. The summed E-state index contributed by atoms with van der Waals surface area (Å²) in [5.74, 6) is -0.112. The number of aromatic nitrogens is 3. The van der Waals surface area contributed by atoms with Gasteiger partial charge in [0.2, 0.25) is 5.91 Å². The van der Waals surface area contributed by atoms with Gasteiger partial charge in [-0.15, -0.1) is 5.10 Å². The van der Waals surface area contributed by atoms with Gasteiger partial charge in [-0.2, -0.15) is 0 Å². The Kier molecular flexibility index (Phi) is 5.45. The van der Waals surface area contributed by atoms with Crippen LogP contribution >= 0.6 is 0 Å². The first kappa shape index (κ1) is 15.2. The molecular formula is C15H21N5O. The van der Waals surface area contributed by atoms with Crippen LogP contribution in [0.5, 0.6) is 0 Å². The molecule has 21 heavy (non-hydrogen) atoms. The van der Waals surface area contributed by atoms with Crippen molar-refractivity contribution in [1.82, 2.24) is 20.3 Å². The molecule has 0 bridgehead atoms. The number of amides is 1. The van der Waals surface area contributed by atoms with E-state index in [4.69, 9.17) is 0 Å². The van der Waals surface area contributed by atoms with Crippen molar-refractivity contribution in [2.45, 2.75) is 33.4 Å². The Morgan fingerprint density at radius 3 is 2.67 bits per heavy atom. The Hall–Kier alpha value is -2.21. The lowest BCUT2D eigenvalue weighted by molar-refractivity contribution is -0.116. The van der Waals surface area contributed by atoms with Crippen molar-refractivity contribution in [2.75, 3.05) is 11.9 Å². The molecule has 0 radical (unpaired) electrons. The quantitative estimate of drug-likeness (QED) is 0.811. The number of hydrogen-bond acceptors (Lipinski definition) is 4. The lowest BCUT2D eigenvalue weighted by Gasteiger charge is -2.05. The molecule has 0 saturated carbocycles. The van der Waals surface area contributed by atoms with Crippen molar-refractivity contribution < 1.29 is 4.79 Å². The van der Waals surface area contributed by atoms with E-state index in [0.717, 1.165) is 24.3 Å². The van der Waals surface area contributed by atoms with Gasteiger partial charge in [-0.1, -0.05) is 31.2 Å². The summed E-state index contributed by atoms with van der Waals surface area (Å²) in [6.45, 7) is 5.83. The van der Waals surface area contributed by atoms with E-state index in [9.17, 15) is 4.79 Å². The number of aryl methyl sites for hydroxylation is 1. The average molecular weight is 287 g/mol. The highest BCUT2D eigenvalue weighted by Crippen LogP contribution is 2.10. The molecule has 0 aliphatic rings. The molecule has 0 atom stereocenters. The smallest absolute Gasteiger partial charge is 0.246 e. The van der Waals surface area contributed by atoms with Gasteiger partial charge in [0.05, 0.1) is 11.9 Å². The number of anilines is 1. The van der Waals surface area contributed by atoms with Crippen LogP contribution in [-0.2, 0) is 24.3 Å². The Morgan fingerprint density at radius 2 is 2.00 bits per heavy atom. The average Bonchev–Trinajstić information content (AvgIpc) is 2.93. The third kappa shape index (κ3) is 4.68. The highest BCUT2D eigenvalue weighted by Gasteiger charge is 2.06. The van der Waals surface area contributed by atoms with Gasteiger partial charge in [0.15, 0.2) is 0 Å². The molecule has 0 saturated heterocycles. The molecule has 2 aromatic rings. The fourth-order valence-electron chi connectivity index (χ4n) is 1.92. The predicted molar refractivity (Wildman–Crippen MR) is 81.9 cm³/mol. The normalized spacial score (nSPS) is 10.6. The maximum atomic E-state index is 11.9. The van der Waals surface area contributed by atoms with Gasteiger partial charge in [0.1, 0.15) is 6.54 Å². The lowest BCUT2D eigenvalue weighted by Crippen LogP contribution is -2.19. The summed E-state index contributed by atoms with van der Waals surface area (Å²) in [4.78, 5) is 11.9. The Balaban J connectivity index is 1.87. The molecule has 1 aromatic carbocycles. The first-order valence-corrected chi connectivity index (χ1v) is 7.19. The first-order valence-electron chi connectivity index (χ1n) is 7.19. The van der Waals surface area contributed by atoms with Crippen LogP contribution < -0.4 is 10.6 Å². The molecule has 0 aliphatic carbocycles. The summed E-state index contributed by atoms with van der Waals surface area (Å²) in [6, 6.07) is 7.85. The van der Waals surface area contributed by atoms with Crippen LogP contribution in [0.4, 0.5) is 5.69 Å². The summed E-state index contributed by atoms with van der Waals surface area (Å²) in [7, 11) is 0. The fraction of sp³-hybridized carbons (Fsp3) is 0.400. The second kappa shape index (κ2) is 7.54. The largest absolute Gasteiger partial charge is 0.324 e. The van der Waals surface area contributed by atoms with Crippen LogP contribution in [0.25, 0.3) is 0 Å². The van der Waals surface area contributed by atoms with Crippen LogP contribution in [0.1, 0.15) is 25.1 Å². The van der Waals surface area contributed by atoms with Gasteiger partial charge >= 0.3 is 0 Å². The molecule has 2 N–H and O–H groups in total. The van der Waals surface area contributed by atoms with Gasteiger partial charge in [-0.25, -0.2) is 4.68 Å². The highest BCUT2D eigenvalue weighted by atomic mass is 16.2. The Bertz CT molecular complexity index is 576. The van der Waals surface area contributed by atoms with Crippen LogP contribution in [0.15, 0.2) is 30.5 Å². The first-order chi connectivity index (χ1) is 10.2. The van der Waals surface area contributed by atoms with Gasteiger partial charge in [0, 0.05) is 12.2 Å². The minimum absolute atomic E-state index is 0.112. The number of benzene rings is 1. The number of hydrogen-bond donors (Lipinski definition) is 2. The molecule has 6 heteroatoms. The van der Waals surface area contributed by atoms with Crippen molar-refractivity contribution in [3.05, 3.63) is 41.7 Å². The van der Waals surface area contributed by atoms with E-state index < -0.39 is 0 Å². The van der Waals surface area contributed by atoms with Crippen molar-refractivity contribution in [1.29, 1.82) is 0 Å². The molecule has 0 fully saturated rings. The molecular weight excluding hydrogens is 266 g/mol. The minimum atomic E-state index is -0.112. The van der Waals surface area contributed by atoms with Crippen LogP contribution in [0.3, 0.4) is 0 Å². The van der Waals surface area contributed by atoms with E-state index in [0.29, 0.717) is 6.54 Å². The summed E-state index contributed by atoms with van der Waals surface area (Å²) in [5.41, 5.74) is 2.87. The summed E-state index contributed by atoms with van der Waals surface area (Å²) in [6.07, 6.45) is 2.77. The Morgan fingerprint density at radius 1 is 1.24 bits per heavy atom. The van der Waals surface area contributed by atoms with Gasteiger partial charge in [-0.3, -0.25) is 4.79 Å². The maximum Gasteiger partial charge on any atom is 0.246 e. The number of rotatable bonds is 7. The molecule has 1 heterocycles. The SMILES string of the molecule is CCNCc1cn(CC(=O)Nc2ccc(CC)cc2)nn1. The predicted octanol–water partition coefficient (Wildman–Crippen LogP) is 1.59. The highest BCUT2D eigenvalue weighted by molar-refractivity contribution is 5.90.